The lowest BCUT2D eigenvalue weighted by atomic mass is 10.1. The number of carbonyl (C=O) groups excluding carboxylic acids is 1. The number of hydrogen-bond donors (Lipinski definition) is 2. The normalized spacial score (nSPS) is 17.5. The van der Waals surface area contributed by atoms with Gasteiger partial charge in [0.15, 0.2) is 11.5 Å². The van der Waals surface area contributed by atoms with Crippen molar-refractivity contribution in [2.75, 3.05) is 19.0 Å². The van der Waals surface area contributed by atoms with Gasteiger partial charge in [0.25, 0.3) is 0 Å². The lowest BCUT2D eigenvalue weighted by Crippen LogP contribution is -2.17. The molecule has 2 aromatic rings. The number of terminal acetylenes is 1. The van der Waals surface area contributed by atoms with Gasteiger partial charge >= 0.3 is 5.97 Å². The topological polar surface area (TPSA) is 84.9 Å². The minimum atomic E-state index is -1.08. The molecule has 27 heavy (non-hydrogen) atoms. The molecule has 2 atom stereocenters. The van der Waals surface area contributed by atoms with Gasteiger partial charge in [-0.2, -0.15) is 0 Å². The van der Waals surface area contributed by atoms with E-state index in [1.165, 1.54) is 6.07 Å². The summed E-state index contributed by atoms with van der Waals surface area (Å²) in [5.74, 6) is 2.07. The molecule has 1 amide bonds. The Morgan fingerprint density at radius 1 is 1.26 bits per heavy atom. The minimum Gasteiger partial charge on any atom is -0.493 e. The summed E-state index contributed by atoms with van der Waals surface area (Å²) in [5.41, 5.74) is 1.32. The fraction of sp³-hybridized carbons (Fsp3) is 0.238. The van der Waals surface area contributed by atoms with Crippen LogP contribution in [0.1, 0.15) is 28.3 Å². The summed E-state index contributed by atoms with van der Waals surface area (Å²) in [5, 5.41) is 11.9. The number of ether oxygens (including phenoxy) is 2. The summed E-state index contributed by atoms with van der Waals surface area (Å²) in [6.07, 6.45) is 5.92. The summed E-state index contributed by atoms with van der Waals surface area (Å²) in [7, 11) is 1.55. The third-order valence-corrected chi connectivity index (χ3v) is 4.47. The van der Waals surface area contributed by atoms with Crippen molar-refractivity contribution in [1.29, 1.82) is 0 Å². The third-order valence-electron chi connectivity index (χ3n) is 4.47. The molecule has 0 spiro atoms. The van der Waals surface area contributed by atoms with Crippen molar-refractivity contribution < 1.29 is 24.2 Å². The van der Waals surface area contributed by atoms with Crippen molar-refractivity contribution >= 4 is 17.6 Å². The summed E-state index contributed by atoms with van der Waals surface area (Å²) < 4.78 is 10.8. The van der Waals surface area contributed by atoms with Crippen LogP contribution in [0, 0.1) is 18.3 Å². The number of carboxylic acids is 1. The number of para-hydroxylation sites is 1. The van der Waals surface area contributed by atoms with Gasteiger partial charge < -0.3 is 19.9 Å². The highest BCUT2D eigenvalue weighted by Crippen LogP contribution is 2.49. The second-order valence-electron chi connectivity index (χ2n) is 6.19. The zero-order valence-corrected chi connectivity index (χ0v) is 14.8. The quantitative estimate of drug-likeness (QED) is 0.737. The first-order valence-electron chi connectivity index (χ1n) is 8.42. The highest BCUT2D eigenvalue weighted by atomic mass is 16.5. The Labute approximate surface area is 157 Å². The molecule has 1 saturated carbocycles. The molecule has 6 nitrogen and oxygen atoms in total. The third kappa shape index (κ3) is 4.04. The Balaban J connectivity index is 1.71. The number of nitrogens with one attached hydrogen (secondary N) is 1. The van der Waals surface area contributed by atoms with E-state index in [1.54, 1.807) is 31.4 Å². The fourth-order valence-electron chi connectivity index (χ4n) is 3.01. The highest BCUT2D eigenvalue weighted by Gasteiger charge is 2.44. The van der Waals surface area contributed by atoms with Crippen LogP contribution in [0.5, 0.6) is 11.5 Å². The Hall–Kier alpha value is -3.46. The van der Waals surface area contributed by atoms with E-state index in [0.717, 1.165) is 5.56 Å². The van der Waals surface area contributed by atoms with Gasteiger partial charge in [0, 0.05) is 5.92 Å². The van der Waals surface area contributed by atoms with E-state index >= 15 is 0 Å². The molecule has 3 rings (SSSR count). The molecule has 2 unspecified atom stereocenters. The van der Waals surface area contributed by atoms with Gasteiger partial charge in [-0.05, 0) is 42.2 Å². The number of aromatic carboxylic acids is 1. The number of methoxy groups -OCH3 is 1. The van der Waals surface area contributed by atoms with E-state index in [1.807, 2.05) is 12.1 Å². The maximum absolute atomic E-state index is 12.5. The van der Waals surface area contributed by atoms with Gasteiger partial charge in [-0.25, -0.2) is 4.79 Å². The molecule has 138 valence electrons. The van der Waals surface area contributed by atoms with Crippen LogP contribution in [0.3, 0.4) is 0 Å². The van der Waals surface area contributed by atoms with E-state index in [4.69, 9.17) is 15.9 Å². The zero-order chi connectivity index (χ0) is 19.4. The van der Waals surface area contributed by atoms with Gasteiger partial charge in [0.1, 0.15) is 6.61 Å². The minimum absolute atomic E-state index is 0.0427. The van der Waals surface area contributed by atoms with E-state index in [-0.39, 0.29) is 29.9 Å². The lowest BCUT2D eigenvalue weighted by Gasteiger charge is -2.11. The Kier molecular flexibility index (Phi) is 5.32. The van der Waals surface area contributed by atoms with E-state index < -0.39 is 5.97 Å². The van der Waals surface area contributed by atoms with Gasteiger partial charge in [-0.15, -0.1) is 6.42 Å². The molecular weight excluding hydrogens is 346 g/mol. The van der Waals surface area contributed by atoms with Crippen molar-refractivity contribution in [3.05, 3.63) is 53.6 Å². The van der Waals surface area contributed by atoms with Crippen LogP contribution in [0.15, 0.2) is 42.5 Å². The van der Waals surface area contributed by atoms with Crippen LogP contribution in [0.25, 0.3) is 0 Å². The molecule has 2 aromatic carbocycles. The van der Waals surface area contributed by atoms with Crippen LogP contribution in [0.4, 0.5) is 5.69 Å². The number of hydrogen-bond acceptors (Lipinski definition) is 4. The lowest BCUT2D eigenvalue weighted by molar-refractivity contribution is -0.117. The molecule has 0 aromatic heterocycles. The number of carbonyl (C=O) groups is 2. The average molecular weight is 365 g/mol. The standard InChI is InChI=1S/C21H19NO5/c1-3-10-27-19-11-13(8-9-18(19)26-2)15-12-16(15)20(23)22-17-7-5-4-6-14(17)21(24)25/h1,4-9,11,15-16H,10,12H2,2H3,(H,22,23)(H,24,25). The van der Waals surface area contributed by atoms with Gasteiger partial charge in [0.2, 0.25) is 5.91 Å². The van der Waals surface area contributed by atoms with Crippen LogP contribution < -0.4 is 14.8 Å². The maximum atomic E-state index is 12.5. The fourth-order valence-corrected chi connectivity index (χ4v) is 3.01. The zero-order valence-electron chi connectivity index (χ0n) is 14.8. The SMILES string of the molecule is C#CCOc1cc(C2CC2C(=O)Nc2ccccc2C(=O)O)ccc1OC. The number of rotatable bonds is 7. The number of amides is 1. The number of carboxylic acid groups (broad SMARTS) is 1. The molecular formula is C21H19NO5. The van der Waals surface area contributed by atoms with E-state index in [9.17, 15) is 14.7 Å². The molecule has 1 aliphatic rings. The smallest absolute Gasteiger partial charge is 0.337 e. The molecule has 0 heterocycles. The van der Waals surface area contributed by atoms with E-state index in [0.29, 0.717) is 23.6 Å². The summed E-state index contributed by atoms with van der Waals surface area (Å²) >= 11 is 0. The summed E-state index contributed by atoms with van der Waals surface area (Å²) in [6, 6.07) is 11.9. The second-order valence-corrected chi connectivity index (χ2v) is 6.19. The van der Waals surface area contributed by atoms with Gasteiger partial charge in [-0.1, -0.05) is 24.1 Å². The first kappa shape index (κ1) is 18.3. The summed E-state index contributed by atoms with van der Waals surface area (Å²) in [6.45, 7) is 0.125. The molecule has 2 N–H and O–H groups in total. The van der Waals surface area contributed by atoms with Crippen molar-refractivity contribution in [3.8, 4) is 23.8 Å². The van der Waals surface area contributed by atoms with Crippen LogP contribution in [-0.4, -0.2) is 30.7 Å². The number of benzene rings is 2. The molecule has 0 saturated heterocycles. The first-order valence-corrected chi connectivity index (χ1v) is 8.42. The molecule has 1 fully saturated rings. The molecule has 0 aliphatic heterocycles. The van der Waals surface area contributed by atoms with Crippen molar-refractivity contribution in [3.63, 3.8) is 0 Å². The summed E-state index contributed by atoms with van der Waals surface area (Å²) in [4.78, 5) is 23.8. The van der Waals surface area contributed by atoms with Crippen LogP contribution >= 0.6 is 0 Å². The van der Waals surface area contributed by atoms with Crippen molar-refractivity contribution in [1.82, 2.24) is 0 Å². The second kappa shape index (κ2) is 7.83. The van der Waals surface area contributed by atoms with E-state index in [2.05, 4.69) is 11.2 Å². The first-order chi connectivity index (χ1) is 13.0. The van der Waals surface area contributed by atoms with Crippen molar-refractivity contribution in [2.24, 2.45) is 5.92 Å². The van der Waals surface area contributed by atoms with Gasteiger partial charge in [0.05, 0.1) is 18.4 Å². The molecule has 0 radical (unpaired) electrons. The molecule has 1 aliphatic carbocycles. The molecule has 0 bridgehead atoms. The Morgan fingerprint density at radius 2 is 2.04 bits per heavy atom. The molecule has 6 heteroatoms. The van der Waals surface area contributed by atoms with Crippen molar-refractivity contribution in [2.45, 2.75) is 12.3 Å². The van der Waals surface area contributed by atoms with Crippen LogP contribution in [0.2, 0.25) is 0 Å². The van der Waals surface area contributed by atoms with Gasteiger partial charge in [-0.3, -0.25) is 4.79 Å². The highest BCUT2D eigenvalue weighted by molar-refractivity contribution is 6.02. The Bertz CT molecular complexity index is 915. The monoisotopic (exact) mass is 365 g/mol. The predicted molar refractivity (Wildman–Crippen MR) is 100 cm³/mol. The predicted octanol–water partition coefficient (Wildman–Crippen LogP) is 3.15. The maximum Gasteiger partial charge on any atom is 0.337 e. The Morgan fingerprint density at radius 3 is 2.74 bits per heavy atom. The average Bonchev–Trinajstić information content (AvgIpc) is 3.47. The van der Waals surface area contributed by atoms with Crippen LogP contribution in [-0.2, 0) is 4.79 Å². The largest absolute Gasteiger partial charge is 0.493 e. The number of anilines is 1.